The third-order valence-corrected chi connectivity index (χ3v) is 4.37. The summed E-state index contributed by atoms with van der Waals surface area (Å²) in [6.07, 6.45) is 0. The van der Waals surface area contributed by atoms with Gasteiger partial charge in [-0.2, -0.15) is 0 Å². The molecule has 3 aromatic rings. The Morgan fingerprint density at radius 3 is 2.33 bits per heavy atom. The molecule has 0 aliphatic carbocycles. The van der Waals surface area contributed by atoms with Crippen LogP contribution in [0.15, 0.2) is 54.6 Å². The Morgan fingerprint density at radius 2 is 1.67 bits per heavy atom. The van der Waals surface area contributed by atoms with E-state index in [4.69, 9.17) is 0 Å². The third kappa shape index (κ3) is 3.74. The van der Waals surface area contributed by atoms with E-state index in [2.05, 4.69) is 10.6 Å². The summed E-state index contributed by atoms with van der Waals surface area (Å²) < 4.78 is 15.1. The van der Waals surface area contributed by atoms with Crippen LogP contribution in [0.2, 0.25) is 0 Å². The van der Waals surface area contributed by atoms with Crippen LogP contribution >= 0.6 is 0 Å². The average molecular weight is 365 g/mol. The largest absolute Gasteiger partial charge is 0.355 e. The second-order valence-electron chi connectivity index (χ2n) is 6.21. The Balaban J connectivity index is 1.89. The lowest BCUT2D eigenvalue weighted by molar-refractivity contribution is 0.0961. The maximum absolute atomic E-state index is 13.2. The number of aryl methyl sites for hydroxylation is 1. The van der Waals surface area contributed by atoms with E-state index < -0.39 is 0 Å². The molecule has 2 aromatic carbocycles. The summed E-state index contributed by atoms with van der Waals surface area (Å²) in [5.41, 5.74) is 3.91. The van der Waals surface area contributed by atoms with Gasteiger partial charge in [-0.05, 0) is 62.4 Å². The van der Waals surface area contributed by atoms with Crippen molar-refractivity contribution in [2.75, 3.05) is 12.4 Å². The maximum atomic E-state index is 13.2. The lowest BCUT2D eigenvalue weighted by atomic mass is 10.1. The maximum Gasteiger partial charge on any atom is 0.257 e. The first-order valence-corrected chi connectivity index (χ1v) is 8.49. The van der Waals surface area contributed by atoms with Crippen molar-refractivity contribution in [2.24, 2.45) is 0 Å². The topological polar surface area (TPSA) is 63.1 Å². The molecule has 0 saturated heterocycles. The number of aromatic nitrogens is 1. The van der Waals surface area contributed by atoms with Gasteiger partial charge in [0.2, 0.25) is 0 Å². The first-order chi connectivity index (χ1) is 12.9. The van der Waals surface area contributed by atoms with Crippen LogP contribution in [0.4, 0.5) is 10.1 Å². The Bertz CT molecular complexity index is 1010. The van der Waals surface area contributed by atoms with Crippen molar-refractivity contribution in [3.05, 3.63) is 82.9 Å². The molecule has 1 aromatic heterocycles. The minimum Gasteiger partial charge on any atom is -0.355 e. The summed E-state index contributed by atoms with van der Waals surface area (Å²) in [6.45, 7) is 3.73. The zero-order valence-electron chi connectivity index (χ0n) is 15.3. The van der Waals surface area contributed by atoms with E-state index in [0.717, 1.165) is 17.1 Å². The summed E-state index contributed by atoms with van der Waals surface area (Å²) in [6, 6.07) is 14.6. The van der Waals surface area contributed by atoms with Gasteiger partial charge in [0, 0.05) is 35.4 Å². The van der Waals surface area contributed by atoms with Gasteiger partial charge < -0.3 is 15.2 Å². The summed E-state index contributed by atoms with van der Waals surface area (Å²) in [5, 5.41) is 5.38. The number of amides is 2. The van der Waals surface area contributed by atoms with Gasteiger partial charge in [0.1, 0.15) is 5.82 Å². The standard InChI is InChI=1S/C21H20FN3O2/c1-13-11-19(14(2)25(13)18-9-7-16(22)8-10-18)21(27)24-17-6-4-5-15(12-17)20(26)23-3/h4-12H,1-3H3,(H,23,26)(H,24,27). The fourth-order valence-electron chi connectivity index (χ4n) is 3.06. The van der Waals surface area contributed by atoms with Crippen LogP contribution in [0.1, 0.15) is 32.1 Å². The number of hydrogen-bond acceptors (Lipinski definition) is 2. The van der Waals surface area contributed by atoms with E-state index in [1.807, 2.05) is 18.4 Å². The summed E-state index contributed by atoms with van der Waals surface area (Å²) in [5.74, 6) is -0.804. The molecule has 5 nitrogen and oxygen atoms in total. The molecule has 0 atom stereocenters. The Hall–Kier alpha value is -3.41. The molecule has 0 spiro atoms. The number of carbonyl (C=O) groups is 2. The van der Waals surface area contributed by atoms with Gasteiger partial charge in [-0.3, -0.25) is 9.59 Å². The molecular formula is C21H20FN3O2. The molecule has 27 heavy (non-hydrogen) atoms. The molecule has 1 heterocycles. The molecule has 2 N–H and O–H groups in total. The Kier molecular flexibility index (Phi) is 5.07. The van der Waals surface area contributed by atoms with Crippen LogP contribution < -0.4 is 10.6 Å². The molecule has 0 fully saturated rings. The first kappa shape index (κ1) is 18.4. The highest BCUT2D eigenvalue weighted by Gasteiger charge is 2.17. The second-order valence-corrected chi connectivity index (χ2v) is 6.21. The SMILES string of the molecule is CNC(=O)c1cccc(NC(=O)c2cc(C)n(-c3ccc(F)cc3)c2C)c1. The zero-order chi connectivity index (χ0) is 19.6. The Labute approximate surface area is 156 Å². The average Bonchev–Trinajstić information content (AvgIpc) is 2.96. The van der Waals surface area contributed by atoms with Crippen LogP contribution in [0.25, 0.3) is 5.69 Å². The molecule has 0 aliphatic rings. The van der Waals surface area contributed by atoms with Crippen molar-refractivity contribution in [3.63, 3.8) is 0 Å². The van der Waals surface area contributed by atoms with Crippen molar-refractivity contribution >= 4 is 17.5 Å². The number of nitrogens with one attached hydrogen (secondary N) is 2. The van der Waals surface area contributed by atoms with Gasteiger partial charge in [-0.25, -0.2) is 4.39 Å². The number of hydrogen-bond donors (Lipinski definition) is 2. The van der Waals surface area contributed by atoms with E-state index in [-0.39, 0.29) is 17.6 Å². The molecule has 2 amide bonds. The minimum absolute atomic E-state index is 0.222. The van der Waals surface area contributed by atoms with Crippen LogP contribution in [0, 0.1) is 19.7 Å². The highest BCUT2D eigenvalue weighted by atomic mass is 19.1. The Morgan fingerprint density at radius 1 is 0.963 bits per heavy atom. The molecule has 0 unspecified atom stereocenters. The van der Waals surface area contributed by atoms with Gasteiger partial charge in [0.25, 0.3) is 11.8 Å². The zero-order valence-corrected chi connectivity index (χ0v) is 15.3. The second kappa shape index (κ2) is 7.45. The summed E-state index contributed by atoms with van der Waals surface area (Å²) in [4.78, 5) is 24.5. The number of nitrogens with zero attached hydrogens (tertiary/aromatic N) is 1. The highest BCUT2D eigenvalue weighted by Crippen LogP contribution is 2.22. The van der Waals surface area contributed by atoms with Crippen molar-refractivity contribution in [3.8, 4) is 5.69 Å². The molecule has 138 valence electrons. The predicted molar refractivity (Wildman–Crippen MR) is 103 cm³/mol. The monoisotopic (exact) mass is 365 g/mol. The predicted octanol–water partition coefficient (Wildman–Crippen LogP) is 3.85. The number of anilines is 1. The molecule has 6 heteroatoms. The van der Waals surface area contributed by atoms with E-state index in [0.29, 0.717) is 16.8 Å². The van der Waals surface area contributed by atoms with Gasteiger partial charge in [0.15, 0.2) is 0 Å². The number of rotatable bonds is 4. The molecule has 0 radical (unpaired) electrons. The quantitative estimate of drug-likeness (QED) is 0.738. The smallest absolute Gasteiger partial charge is 0.257 e. The van der Waals surface area contributed by atoms with Crippen LogP contribution in [-0.4, -0.2) is 23.4 Å². The molecular weight excluding hydrogens is 345 g/mol. The first-order valence-electron chi connectivity index (χ1n) is 8.49. The van der Waals surface area contributed by atoms with Crippen molar-refractivity contribution < 1.29 is 14.0 Å². The van der Waals surface area contributed by atoms with Gasteiger partial charge in [-0.15, -0.1) is 0 Å². The fraction of sp³-hybridized carbons (Fsp3) is 0.143. The van der Waals surface area contributed by atoms with Gasteiger partial charge in [0.05, 0.1) is 5.56 Å². The minimum atomic E-state index is -0.310. The van der Waals surface area contributed by atoms with E-state index in [1.165, 1.54) is 12.1 Å². The number of halogens is 1. The summed E-state index contributed by atoms with van der Waals surface area (Å²) in [7, 11) is 1.55. The van der Waals surface area contributed by atoms with Gasteiger partial charge >= 0.3 is 0 Å². The number of carbonyl (C=O) groups excluding carboxylic acids is 2. The van der Waals surface area contributed by atoms with Crippen molar-refractivity contribution in [1.82, 2.24) is 9.88 Å². The fourth-order valence-corrected chi connectivity index (χ4v) is 3.06. The number of benzene rings is 2. The van der Waals surface area contributed by atoms with E-state index in [9.17, 15) is 14.0 Å². The van der Waals surface area contributed by atoms with Crippen molar-refractivity contribution in [2.45, 2.75) is 13.8 Å². The van der Waals surface area contributed by atoms with Gasteiger partial charge in [-0.1, -0.05) is 6.07 Å². The lowest BCUT2D eigenvalue weighted by Crippen LogP contribution is -2.18. The molecule has 0 saturated carbocycles. The van der Waals surface area contributed by atoms with Crippen LogP contribution in [-0.2, 0) is 0 Å². The van der Waals surface area contributed by atoms with E-state index in [1.54, 1.807) is 49.5 Å². The highest BCUT2D eigenvalue weighted by molar-refractivity contribution is 6.06. The summed E-state index contributed by atoms with van der Waals surface area (Å²) >= 11 is 0. The third-order valence-electron chi connectivity index (χ3n) is 4.37. The molecule has 3 rings (SSSR count). The molecule has 0 bridgehead atoms. The van der Waals surface area contributed by atoms with E-state index >= 15 is 0 Å². The molecule has 0 aliphatic heterocycles. The normalized spacial score (nSPS) is 10.5. The van der Waals surface area contributed by atoms with Crippen molar-refractivity contribution in [1.29, 1.82) is 0 Å². The van der Waals surface area contributed by atoms with Crippen LogP contribution in [0.3, 0.4) is 0 Å². The lowest BCUT2D eigenvalue weighted by Gasteiger charge is -2.10. The van der Waals surface area contributed by atoms with Crippen LogP contribution in [0.5, 0.6) is 0 Å².